The third kappa shape index (κ3) is 4.83. The molecule has 0 amide bonds. The Labute approximate surface area is 146 Å². The number of benzene rings is 1. The molecule has 8 heteroatoms. The molecule has 1 aromatic carbocycles. The molecule has 128 valence electrons. The highest BCUT2D eigenvalue weighted by atomic mass is 35.5. The summed E-state index contributed by atoms with van der Waals surface area (Å²) in [5.74, 6) is -0.895. The van der Waals surface area contributed by atoms with E-state index in [1.807, 2.05) is 0 Å². The third-order valence-electron chi connectivity index (χ3n) is 3.73. The average molecular weight is 380 g/mol. The van der Waals surface area contributed by atoms with Crippen LogP contribution in [0.1, 0.15) is 25.3 Å². The summed E-state index contributed by atoms with van der Waals surface area (Å²) in [6.45, 7) is 2.62. The quantitative estimate of drug-likeness (QED) is 0.737. The van der Waals surface area contributed by atoms with Gasteiger partial charge in [-0.05, 0) is 37.5 Å². The minimum absolute atomic E-state index is 0.167. The monoisotopic (exact) mass is 379 g/mol. The Morgan fingerprint density at radius 1 is 1.35 bits per heavy atom. The molecule has 5 nitrogen and oxygen atoms in total. The second-order valence-corrected chi connectivity index (χ2v) is 8.24. The second-order valence-electron chi connectivity index (χ2n) is 5.45. The Morgan fingerprint density at radius 2 is 2.09 bits per heavy atom. The molecule has 23 heavy (non-hydrogen) atoms. The lowest BCUT2D eigenvalue weighted by molar-refractivity contribution is -0.149. The van der Waals surface area contributed by atoms with Gasteiger partial charge in [0, 0.05) is 13.1 Å². The van der Waals surface area contributed by atoms with E-state index in [1.165, 1.54) is 4.31 Å². The molecule has 1 aliphatic rings. The van der Waals surface area contributed by atoms with Crippen LogP contribution >= 0.6 is 23.2 Å². The van der Waals surface area contributed by atoms with Crippen molar-refractivity contribution < 1.29 is 17.9 Å². The molecular weight excluding hydrogens is 361 g/mol. The maximum absolute atomic E-state index is 12.6. The summed E-state index contributed by atoms with van der Waals surface area (Å²) >= 11 is 11.8. The van der Waals surface area contributed by atoms with Gasteiger partial charge in [0.15, 0.2) is 0 Å². The van der Waals surface area contributed by atoms with Crippen LogP contribution in [0.5, 0.6) is 0 Å². The van der Waals surface area contributed by atoms with Crippen LogP contribution in [0.2, 0.25) is 10.0 Å². The number of nitrogens with zero attached hydrogens (tertiary/aromatic N) is 1. The maximum Gasteiger partial charge on any atom is 0.310 e. The minimum atomic E-state index is -3.52. The van der Waals surface area contributed by atoms with E-state index in [0.717, 1.165) is 0 Å². The lowest BCUT2D eigenvalue weighted by atomic mass is 10.0. The predicted octanol–water partition coefficient (Wildman–Crippen LogP) is 3.10. The molecule has 0 saturated carbocycles. The van der Waals surface area contributed by atoms with Gasteiger partial charge in [-0.1, -0.05) is 29.3 Å². The van der Waals surface area contributed by atoms with Crippen molar-refractivity contribution in [2.75, 3.05) is 19.7 Å². The number of halogens is 2. The SMILES string of the molecule is CCOC(=O)C1CCCN(S(=O)(=O)Cc2ccc(Cl)c(Cl)c2)C1. The van der Waals surface area contributed by atoms with E-state index in [0.29, 0.717) is 41.6 Å². The zero-order valence-electron chi connectivity index (χ0n) is 12.8. The molecule has 0 radical (unpaired) electrons. The van der Waals surface area contributed by atoms with Crippen LogP contribution in [-0.2, 0) is 25.3 Å². The number of carbonyl (C=O) groups excluding carboxylic acids is 1. The number of ether oxygens (including phenoxy) is 1. The predicted molar refractivity (Wildman–Crippen MR) is 90.0 cm³/mol. The normalized spacial score (nSPS) is 19.5. The molecule has 1 aromatic rings. The van der Waals surface area contributed by atoms with Crippen molar-refractivity contribution in [1.29, 1.82) is 0 Å². The first kappa shape index (κ1) is 18.5. The Balaban J connectivity index is 2.09. The largest absolute Gasteiger partial charge is 0.466 e. The van der Waals surface area contributed by atoms with Crippen molar-refractivity contribution in [2.45, 2.75) is 25.5 Å². The lowest BCUT2D eigenvalue weighted by Crippen LogP contribution is -2.43. The van der Waals surface area contributed by atoms with Crippen LogP contribution in [-0.4, -0.2) is 38.4 Å². The van der Waals surface area contributed by atoms with Crippen molar-refractivity contribution in [3.05, 3.63) is 33.8 Å². The smallest absolute Gasteiger partial charge is 0.310 e. The van der Waals surface area contributed by atoms with Crippen LogP contribution in [0.4, 0.5) is 0 Å². The van der Waals surface area contributed by atoms with E-state index >= 15 is 0 Å². The zero-order chi connectivity index (χ0) is 17.0. The highest BCUT2D eigenvalue weighted by Gasteiger charge is 2.33. The molecule has 0 bridgehead atoms. The summed E-state index contributed by atoms with van der Waals surface area (Å²) < 4.78 is 31.5. The number of piperidine rings is 1. The van der Waals surface area contributed by atoms with Crippen LogP contribution in [0.25, 0.3) is 0 Å². The molecule has 1 heterocycles. The first-order valence-electron chi connectivity index (χ1n) is 7.42. The van der Waals surface area contributed by atoms with Crippen LogP contribution in [0.3, 0.4) is 0 Å². The Kier molecular flexibility index (Phi) is 6.31. The number of rotatable bonds is 5. The maximum atomic E-state index is 12.6. The summed E-state index contributed by atoms with van der Waals surface area (Å²) in [5, 5.41) is 0.704. The van der Waals surface area contributed by atoms with Crippen LogP contribution < -0.4 is 0 Å². The third-order valence-corrected chi connectivity index (χ3v) is 6.29. The van der Waals surface area contributed by atoms with Gasteiger partial charge >= 0.3 is 5.97 Å². The number of esters is 1. The second kappa shape index (κ2) is 7.83. The van der Waals surface area contributed by atoms with Gasteiger partial charge in [0.25, 0.3) is 0 Å². The molecule has 1 saturated heterocycles. The van der Waals surface area contributed by atoms with Gasteiger partial charge < -0.3 is 4.74 Å². The van der Waals surface area contributed by atoms with Gasteiger partial charge in [-0.25, -0.2) is 12.7 Å². The fourth-order valence-electron chi connectivity index (χ4n) is 2.58. The van der Waals surface area contributed by atoms with Gasteiger partial charge in [0.05, 0.1) is 28.3 Å². The van der Waals surface area contributed by atoms with Gasteiger partial charge in [0.1, 0.15) is 0 Å². The first-order chi connectivity index (χ1) is 10.8. The topological polar surface area (TPSA) is 63.7 Å². The molecule has 1 unspecified atom stereocenters. The number of hydrogen-bond donors (Lipinski definition) is 0. The summed E-state index contributed by atoms with van der Waals surface area (Å²) in [7, 11) is -3.52. The Morgan fingerprint density at radius 3 is 2.74 bits per heavy atom. The van der Waals surface area contributed by atoms with E-state index in [4.69, 9.17) is 27.9 Å². The van der Waals surface area contributed by atoms with Gasteiger partial charge in [0.2, 0.25) is 10.0 Å². The number of sulfonamides is 1. The molecule has 0 spiro atoms. The van der Waals surface area contributed by atoms with Crippen molar-refractivity contribution >= 4 is 39.2 Å². The van der Waals surface area contributed by atoms with E-state index < -0.39 is 15.9 Å². The Bertz CT molecular complexity index is 678. The fraction of sp³-hybridized carbons (Fsp3) is 0.533. The van der Waals surface area contributed by atoms with E-state index in [2.05, 4.69) is 0 Å². The molecule has 1 fully saturated rings. The summed E-state index contributed by atoms with van der Waals surface area (Å²) in [4.78, 5) is 11.8. The van der Waals surface area contributed by atoms with Crippen molar-refractivity contribution in [2.24, 2.45) is 5.92 Å². The Hall–Kier alpha value is -0.820. The standard InChI is InChI=1S/C15H19Cl2NO4S/c1-2-22-15(19)12-4-3-7-18(9-12)23(20,21)10-11-5-6-13(16)14(17)8-11/h5-6,8,12H,2-4,7,9-10H2,1H3. The van der Waals surface area contributed by atoms with Crippen molar-refractivity contribution in [3.8, 4) is 0 Å². The average Bonchev–Trinajstić information content (AvgIpc) is 2.51. The summed E-state index contributed by atoms with van der Waals surface area (Å²) in [5.41, 5.74) is 0.567. The molecule has 0 aromatic heterocycles. The van der Waals surface area contributed by atoms with E-state index in [9.17, 15) is 13.2 Å². The van der Waals surface area contributed by atoms with Crippen LogP contribution in [0.15, 0.2) is 18.2 Å². The highest BCUT2D eigenvalue weighted by molar-refractivity contribution is 7.88. The van der Waals surface area contributed by atoms with Gasteiger partial charge in [-0.15, -0.1) is 0 Å². The minimum Gasteiger partial charge on any atom is -0.466 e. The number of carbonyl (C=O) groups is 1. The van der Waals surface area contributed by atoms with Gasteiger partial charge in [-0.2, -0.15) is 0 Å². The molecule has 0 aliphatic carbocycles. The fourth-order valence-corrected chi connectivity index (χ4v) is 4.50. The number of hydrogen-bond acceptors (Lipinski definition) is 4. The lowest BCUT2D eigenvalue weighted by Gasteiger charge is -2.30. The van der Waals surface area contributed by atoms with E-state index in [-0.39, 0.29) is 18.3 Å². The molecule has 1 atom stereocenters. The molecule has 1 aliphatic heterocycles. The summed E-state index contributed by atoms with van der Waals surface area (Å²) in [6.07, 6.45) is 1.29. The molecular formula is C15H19Cl2NO4S. The first-order valence-corrected chi connectivity index (χ1v) is 9.78. The molecule has 0 N–H and O–H groups in total. The molecule has 2 rings (SSSR count). The van der Waals surface area contributed by atoms with Crippen molar-refractivity contribution in [1.82, 2.24) is 4.31 Å². The zero-order valence-corrected chi connectivity index (χ0v) is 15.1. The summed E-state index contributed by atoms with van der Waals surface area (Å²) in [6, 6.07) is 4.76. The van der Waals surface area contributed by atoms with Crippen molar-refractivity contribution in [3.63, 3.8) is 0 Å². The van der Waals surface area contributed by atoms with Crippen LogP contribution in [0, 0.1) is 5.92 Å². The highest BCUT2D eigenvalue weighted by Crippen LogP contribution is 2.26. The van der Waals surface area contributed by atoms with E-state index in [1.54, 1.807) is 25.1 Å². The van der Waals surface area contributed by atoms with Gasteiger partial charge in [-0.3, -0.25) is 4.79 Å².